The zero-order valence-electron chi connectivity index (χ0n) is 12.9. The molecule has 7 nitrogen and oxygen atoms in total. The average molecular weight is 342 g/mol. The maximum Gasteiger partial charge on any atom is 0.413 e. The Morgan fingerprint density at radius 3 is 2.79 bits per heavy atom. The Labute approximate surface area is 142 Å². The summed E-state index contributed by atoms with van der Waals surface area (Å²) in [5.41, 5.74) is 1.97. The lowest BCUT2D eigenvalue weighted by Gasteiger charge is -2.26. The van der Waals surface area contributed by atoms with Crippen LogP contribution in [0.5, 0.6) is 0 Å². The molecule has 0 bridgehead atoms. The second-order valence-electron chi connectivity index (χ2n) is 5.17. The highest BCUT2D eigenvalue weighted by Crippen LogP contribution is 2.29. The molecule has 2 aromatic rings. The molecule has 0 unspecified atom stereocenters. The highest BCUT2D eigenvalue weighted by Gasteiger charge is 2.25. The number of fused-ring (bicyclic) bond motifs is 1. The Kier molecular flexibility index (Phi) is 4.44. The molecule has 1 aromatic heterocycles. The minimum Gasteiger partial charge on any atom is -0.453 e. The van der Waals surface area contributed by atoms with Gasteiger partial charge in [0.25, 0.3) is 5.91 Å². The van der Waals surface area contributed by atoms with E-state index in [1.807, 2.05) is 6.07 Å². The van der Waals surface area contributed by atoms with E-state index in [0.717, 1.165) is 10.6 Å². The van der Waals surface area contributed by atoms with E-state index < -0.39 is 6.09 Å². The molecule has 8 heteroatoms. The number of methoxy groups -OCH3 is 1. The van der Waals surface area contributed by atoms with E-state index in [4.69, 9.17) is 5.26 Å². The monoisotopic (exact) mass is 342 g/mol. The molecule has 0 atom stereocenters. The number of anilines is 1. The number of rotatable bonds is 2. The Morgan fingerprint density at radius 1 is 1.38 bits per heavy atom. The van der Waals surface area contributed by atoms with Gasteiger partial charge in [-0.05, 0) is 24.3 Å². The number of thiazole rings is 1. The molecule has 1 N–H and O–H groups in total. The molecule has 0 saturated heterocycles. The van der Waals surface area contributed by atoms with Crippen LogP contribution in [0, 0.1) is 11.3 Å². The predicted octanol–water partition coefficient (Wildman–Crippen LogP) is 2.39. The number of hydrogen-bond acceptors (Lipinski definition) is 6. The van der Waals surface area contributed by atoms with Crippen LogP contribution in [0.2, 0.25) is 0 Å². The van der Waals surface area contributed by atoms with Crippen molar-refractivity contribution in [3.63, 3.8) is 0 Å². The molecule has 0 saturated carbocycles. The molecule has 1 aliphatic rings. The van der Waals surface area contributed by atoms with Gasteiger partial charge >= 0.3 is 6.09 Å². The summed E-state index contributed by atoms with van der Waals surface area (Å²) < 4.78 is 4.55. The zero-order chi connectivity index (χ0) is 17.1. The van der Waals surface area contributed by atoms with Crippen LogP contribution in [0.3, 0.4) is 0 Å². The summed E-state index contributed by atoms with van der Waals surface area (Å²) in [4.78, 5) is 30.9. The summed E-state index contributed by atoms with van der Waals surface area (Å²) in [6.45, 7) is 1.02. The van der Waals surface area contributed by atoms with Crippen molar-refractivity contribution >= 4 is 28.5 Å². The first-order valence-electron chi connectivity index (χ1n) is 7.23. The molecule has 122 valence electrons. The highest BCUT2D eigenvalue weighted by atomic mass is 32.1. The van der Waals surface area contributed by atoms with Crippen LogP contribution in [-0.4, -0.2) is 35.5 Å². The third kappa shape index (κ3) is 3.21. The van der Waals surface area contributed by atoms with E-state index >= 15 is 0 Å². The van der Waals surface area contributed by atoms with Gasteiger partial charge in [0.1, 0.15) is 0 Å². The molecule has 2 heterocycles. The van der Waals surface area contributed by atoms with Gasteiger partial charge in [0.15, 0.2) is 5.13 Å². The van der Waals surface area contributed by atoms with Crippen LogP contribution in [0.1, 0.15) is 26.5 Å². The molecule has 3 rings (SSSR count). The summed E-state index contributed by atoms with van der Waals surface area (Å²) in [6, 6.07) is 8.62. The molecule has 0 spiro atoms. The van der Waals surface area contributed by atoms with Crippen molar-refractivity contribution in [1.82, 2.24) is 9.88 Å². The molecular weight excluding hydrogens is 328 g/mol. The number of ether oxygens (including phenoxy) is 1. The van der Waals surface area contributed by atoms with E-state index in [1.165, 1.54) is 18.4 Å². The Balaban J connectivity index is 1.73. The summed E-state index contributed by atoms with van der Waals surface area (Å²) in [5.74, 6) is -0.0824. The molecule has 1 aliphatic heterocycles. The lowest BCUT2D eigenvalue weighted by molar-refractivity contribution is 0.0736. The summed E-state index contributed by atoms with van der Waals surface area (Å²) in [5, 5.41) is 11.8. The number of aromatic nitrogens is 1. The first-order chi connectivity index (χ1) is 11.6. The second kappa shape index (κ2) is 6.68. The molecular formula is C16H14N4O3S. The summed E-state index contributed by atoms with van der Waals surface area (Å²) >= 11 is 1.34. The maximum absolute atomic E-state index is 12.6. The van der Waals surface area contributed by atoms with Crippen LogP contribution in [-0.2, 0) is 17.7 Å². The Morgan fingerprint density at radius 2 is 2.12 bits per heavy atom. The van der Waals surface area contributed by atoms with Gasteiger partial charge in [-0.25, -0.2) is 9.78 Å². The molecule has 24 heavy (non-hydrogen) atoms. The Bertz CT molecular complexity index is 823. The van der Waals surface area contributed by atoms with Crippen molar-refractivity contribution in [2.24, 2.45) is 0 Å². The van der Waals surface area contributed by atoms with Gasteiger partial charge < -0.3 is 9.64 Å². The predicted molar refractivity (Wildman–Crippen MR) is 87.7 cm³/mol. The van der Waals surface area contributed by atoms with Crippen LogP contribution >= 0.6 is 11.3 Å². The third-order valence-corrected chi connectivity index (χ3v) is 4.67. The van der Waals surface area contributed by atoms with Crippen molar-refractivity contribution in [2.45, 2.75) is 13.0 Å². The molecule has 2 amide bonds. The van der Waals surface area contributed by atoms with Crippen LogP contribution < -0.4 is 5.32 Å². The number of carbonyl (C=O) groups is 2. The lowest BCUT2D eigenvalue weighted by Crippen LogP contribution is -2.35. The van der Waals surface area contributed by atoms with E-state index in [-0.39, 0.29) is 5.91 Å². The van der Waals surface area contributed by atoms with Crippen molar-refractivity contribution in [2.75, 3.05) is 19.0 Å². The number of nitriles is 1. The van der Waals surface area contributed by atoms with Crippen LogP contribution in [0.25, 0.3) is 0 Å². The minimum atomic E-state index is -0.563. The number of carbonyl (C=O) groups excluding carboxylic acids is 2. The molecule has 0 radical (unpaired) electrons. The van der Waals surface area contributed by atoms with Gasteiger partial charge in [-0.2, -0.15) is 5.26 Å². The fourth-order valence-electron chi connectivity index (χ4n) is 2.43. The highest BCUT2D eigenvalue weighted by molar-refractivity contribution is 7.15. The first-order valence-corrected chi connectivity index (χ1v) is 8.05. The topological polar surface area (TPSA) is 95.3 Å². The van der Waals surface area contributed by atoms with Crippen molar-refractivity contribution in [3.8, 4) is 6.07 Å². The van der Waals surface area contributed by atoms with E-state index in [0.29, 0.717) is 35.8 Å². The largest absolute Gasteiger partial charge is 0.453 e. The number of hydrogen-bond donors (Lipinski definition) is 1. The van der Waals surface area contributed by atoms with Crippen LogP contribution in [0.15, 0.2) is 24.3 Å². The molecule has 1 aromatic carbocycles. The quantitative estimate of drug-likeness (QED) is 0.904. The van der Waals surface area contributed by atoms with Gasteiger partial charge in [0.05, 0.1) is 31.0 Å². The molecule has 0 aliphatic carbocycles. The van der Waals surface area contributed by atoms with Gasteiger partial charge in [-0.3, -0.25) is 10.1 Å². The van der Waals surface area contributed by atoms with E-state index in [1.54, 1.807) is 29.2 Å². The number of amides is 2. The van der Waals surface area contributed by atoms with Crippen molar-refractivity contribution < 1.29 is 14.3 Å². The van der Waals surface area contributed by atoms with Crippen molar-refractivity contribution in [3.05, 3.63) is 46.0 Å². The SMILES string of the molecule is COC(=O)Nc1nc2c(s1)CN(C(=O)c1ccc(C#N)cc1)CC2. The van der Waals surface area contributed by atoms with Crippen LogP contribution in [0.4, 0.5) is 9.93 Å². The average Bonchev–Trinajstić information content (AvgIpc) is 3.02. The minimum absolute atomic E-state index is 0.0824. The Hall–Kier alpha value is -2.92. The standard InChI is InChI=1S/C16H14N4O3S/c1-23-16(22)19-15-18-12-6-7-20(9-13(12)24-15)14(21)11-4-2-10(8-17)3-5-11/h2-5H,6-7,9H2,1H3,(H,18,19,22). The molecule has 0 fully saturated rings. The third-order valence-electron chi connectivity index (χ3n) is 3.67. The van der Waals surface area contributed by atoms with Gasteiger partial charge in [0, 0.05) is 23.4 Å². The summed E-state index contributed by atoms with van der Waals surface area (Å²) in [6.07, 6.45) is 0.0723. The first kappa shape index (κ1) is 16.0. The zero-order valence-corrected chi connectivity index (χ0v) is 13.7. The number of nitrogens with one attached hydrogen (secondary N) is 1. The van der Waals surface area contributed by atoms with Gasteiger partial charge in [0.2, 0.25) is 0 Å². The number of benzene rings is 1. The fourth-order valence-corrected chi connectivity index (χ4v) is 3.44. The lowest BCUT2D eigenvalue weighted by atomic mass is 10.1. The summed E-state index contributed by atoms with van der Waals surface area (Å²) in [7, 11) is 1.29. The van der Waals surface area contributed by atoms with Crippen molar-refractivity contribution in [1.29, 1.82) is 5.26 Å². The fraction of sp³-hybridized carbons (Fsp3) is 0.250. The maximum atomic E-state index is 12.6. The van der Waals surface area contributed by atoms with E-state index in [2.05, 4.69) is 15.0 Å². The smallest absolute Gasteiger partial charge is 0.413 e. The number of nitrogens with zero attached hydrogens (tertiary/aromatic N) is 3. The normalized spacial score (nSPS) is 12.9. The van der Waals surface area contributed by atoms with Gasteiger partial charge in [-0.15, -0.1) is 0 Å². The van der Waals surface area contributed by atoms with E-state index in [9.17, 15) is 9.59 Å². The second-order valence-corrected chi connectivity index (χ2v) is 6.25. The van der Waals surface area contributed by atoms with Gasteiger partial charge in [-0.1, -0.05) is 11.3 Å².